The van der Waals surface area contributed by atoms with E-state index in [1.54, 1.807) is 0 Å². The average Bonchev–Trinajstić information content (AvgIpc) is 2.34. The van der Waals surface area contributed by atoms with Crippen molar-refractivity contribution >= 4 is 10.8 Å². The fraction of sp³-hybridized carbons (Fsp3) is 0.400. The number of aliphatic hydroxyl groups is 1. The normalized spacial score (nSPS) is 13.8. The topological polar surface area (TPSA) is 59.1 Å². The van der Waals surface area contributed by atoms with Gasteiger partial charge in [-0.1, -0.05) is 24.3 Å². The third kappa shape index (κ3) is 2.52. The first-order valence-electron chi connectivity index (χ1n) is 6.26. The van der Waals surface area contributed by atoms with Gasteiger partial charge in [-0.3, -0.25) is 4.98 Å². The van der Waals surface area contributed by atoms with Crippen LogP contribution in [0.5, 0.6) is 0 Å². The molecule has 0 saturated carbocycles. The summed E-state index contributed by atoms with van der Waals surface area (Å²) < 4.78 is 0. The smallest absolute Gasteiger partial charge is 0.0437 e. The van der Waals surface area contributed by atoms with Crippen LogP contribution in [-0.2, 0) is 0 Å². The van der Waals surface area contributed by atoms with Gasteiger partial charge in [-0.2, -0.15) is 0 Å². The monoisotopic (exact) mass is 244 g/mol. The molecule has 2 aromatic rings. The minimum Gasteiger partial charge on any atom is -0.396 e. The third-order valence-corrected chi connectivity index (χ3v) is 3.39. The molecule has 1 aromatic heterocycles. The molecule has 0 aliphatic carbocycles. The lowest BCUT2D eigenvalue weighted by Crippen LogP contribution is -2.39. The van der Waals surface area contributed by atoms with E-state index in [4.69, 9.17) is 5.73 Å². The van der Waals surface area contributed by atoms with E-state index in [0.717, 1.165) is 10.9 Å². The number of aliphatic hydroxyl groups excluding tert-OH is 1. The molecule has 1 unspecified atom stereocenters. The molecular weight excluding hydrogens is 224 g/mol. The molecular formula is C15H20N2O. The summed E-state index contributed by atoms with van der Waals surface area (Å²) >= 11 is 0. The summed E-state index contributed by atoms with van der Waals surface area (Å²) in [6, 6.07) is 8.15. The van der Waals surface area contributed by atoms with Gasteiger partial charge in [0.05, 0.1) is 0 Å². The summed E-state index contributed by atoms with van der Waals surface area (Å²) in [6.45, 7) is 4.12. The van der Waals surface area contributed by atoms with Gasteiger partial charge in [-0.25, -0.2) is 0 Å². The Morgan fingerprint density at radius 1 is 1.28 bits per heavy atom. The standard InChI is InChI=1S/C15H20N2O/c1-15(2,16)14(7-8-18)13-10-17-9-11-5-3-4-6-12(11)13/h3-6,9-10,14,18H,7-8,16H2,1-2H3. The van der Waals surface area contributed by atoms with Crippen LogP contribution in [0.4, 0.5) is 0 Å². The number of nitrogens with two attached hydrogens (primary N) is 1. The number of hydrogen-bond donors (Lipinski definition) is 2. The Morgan fingerprint density at radius 3 is 2.67 bits per heavy atom. The van der Waals surface area contributed by atoms with E-state index >= 15 is 0 Å². The number of aromatic nitrogens is 1. The molecule has 1 heterocycles. The second-order valence-electron chi connectivity index (χ2n) is 5.34. The first-order chi connectivity index (χ1) is 8.54. The fourth-order valence-corrected chi connectivity index (χ4v) is 2.47. The van der Waals surface area contributed by atoms with Crippen molar-refractivity contribution in [2.75, 3.05) is 6.61 Å². The van der Waals surface area contributed by atoms with Crippen LogP contribution in [0.25, 0.3) is 10.8 Å². The lowest BCUT2D eigenvalue weighted by molar-refractivity contribution is 0.251. The molecule has 1 atom stereocenters. The van der Waals surface area contributed by atoms with Crippen molar-refractivity contribution in [2.24, 2.45) is 5.73 Å². The largest absolute Gasteiger partial charge is 0.396 e. The van der Waals surface area contributed by atoms with Gasteiger partial charge in [0.1, 0.15) is 0 Å². The van der Waals surface area contributed by atoms with Crippen LogP contribution in [0, 0.1) is 0 Å². The minimum atomic E-state index is -0.380. The van der Waals surface area contributed by atoms with E-state index in [1.807, 2.05) is 44.4 Å². The Kier molecular flexibility index (Phi) is 3.64. The molecule has 0 aliphatic rings. The second-order valence-corrected chi connectivity index (χ2v) is 5.34. The van der Waals surface area contributed by atoms with Crippen LogP contribution in [0.2, 0.25) is 0 Å². The minimum absolute atomic E-state index is 0.0982. The quantitative estimate of drug-likeness (QED) is 0.868. The molecule has 0 radical (unpaired) electrons. The van der Waals surface area contributed by atoms with E-state index < -0.39 is 0 Å². The molecule has 3 N–H and O–H groups in total. The number of nitrogens with zero attached hydrogens (tertiary/aromatic N) is 1. The van der Waals surface area contributed by atoms with E-state index in [9.17, 15) is 5.11 Å². The van der Waals surface area contributed by atoms with Gasteiger partial charge in [0, 0.05) is 35.8 Å². The Balaban J connectivity index is 2.57. The zero-order valence-electron chi connectivity index (χ0n) is 10.9. The molecule has 1 aromatic carbocycles. The predicted molar refractivity (Wildman–Crippen MR) is 74.5 cm³/mol. The Labute approximate surface area is 108 Å². The van der Waals surface area contributed by atoms with Crippen LogP contribution in [0.1, 0.15) is 31.7 Å². The first-order valence-corrected chi connectivity index (χ1v) is 6.26. The number of rotatable bonds is 4. The summed E-state index contributed by atoms with van der Waals surface area (Å²) in [5.74, 6) is 0.0982. The molecule has 0 saturated heterocycles. The van der Waals surface area contributed by atoms with Gasteiger partial charge in [-0.05, 0) is 31.2 Å². The maximum atomic E-state index is 9.26. The highest BCUT2D eigenvalue weighted by Crippen LogP contribution is 2.33. The highest BCUT2D eigenvalue weighted by Gasteiger charge is 2.27. The molecule has 0 aliphatic heterocycles. The predicted octanol–water partition coefficient (Wildman–Crippen LogP) is 2.44. The molecule has 3 nitrogen and oxygen atoms in total. The van der Waals surface area contributed by atoms with Crippen molar-refractivity contribution in [1.29, 1.82) is 0 Å². The lowest BCUT2D eigenvalue weighted by atomic mass is 9.79. The molecule has 0 amide bonds. The molecule has 18 heavy (non-hydrogen) atoms. The molecule has 0 spiro atoms. The van der Waals surface area contributed by atoms with Gasteiger partial charge in [0.25, 0.3) is 0 Å². The zero-order valence-corrected chi connectivity index (χ0v) is 10.9. The molecule has 3 heteroatoms. The van der Waals surface area contributed by atoms with Crippen LogP contribution in [0.3, 0.4) is 0 Å². The molecule has 96 valence electrons. The number of benzene rings is 1. The maximum absolute atomic E-state index is 9.26. The SMILES string of the molecule is CC(C)(N)C(CCO)c1cncc2ccccc12. The van der Waals surface area contributed by atoms with Gasteiger partial charge in [0.2, 0.25) is 0 Å². The van der Waals surface area contributed by atoms with Crippen molar-refractivity contribution in [3.63, 3.8) is 0 Å². The van der Waals surface area contributed by atoms with Gasteiger partial charge >= 0.3 is 0 Å². The van der Waals surface area contributed by atoms with Crippen LogP contribution >= 0.6 is 0 Å². The van der Waals surface area contributed by atoms with Crippen molar-refractivity contribution in [3.05, 3.63) is 42.2 Å². The van der Waals surface area contributed by atoms with Crippen molar-refractivity contribution in [1.82, 2.24) is 4.98 Å². The van der Waals surface area contributed by atoms with Gasteiger partial charge < -0.3 is 10.8 Å². The van der Waals surface area contributed by atoms with Crippen molar-refractivity contribution in [2.45, 2.75) is 31.7 Å². The summed E-state index contributed by atoms with van der Waals surface area (Å²) in [4.78, 5) is 4.29. The highest BCUT2D eigenvalue weighted by atomic mass is 16.3. The summed E-state index contributed by atoms with van der Waals surface area (Å²) in [7, 11) is 0. The van der Waals surface area contributed by atoms with Gasteiger partial charge in [-0.15, -0.1) is 0 Å². The number of pyridine rings is 1. The van der Waals surface area contributed by atoms with Crippen LogP contribution < -0.4 is 5.73 Å². The van der Waals surface area contributed by atoms with Gasteiger partial charge in [0.15, 0.2) is 0 Å². The van der Waals surface area contributed by atoms with Crippen LogP contribution in [-0.4, -0.2) is 22.2 Å². The summed E-state index contributed by atoms with van der Waals surface area (Å²) in [5.41, 5.74) is 6.99. The first kappa shape index (κ1) is 13.0. The number of hydrogen-bond acceptors (Lipinski definition) is 3. The third-order valence-electron chi connectivity index (χ3n) is 3.39. The lowest BCUT2D eigenvalue weighted by Gasteiger charge is -2.31. The van der Waals surface area contributed by atoms with E-state index in [2.05, 4.69) is 11.1 Å². The maximum Gasteiger partial charge on any atom is 0.0437 e. The summed E-state index contributed by atoms with van der Waals surface area (Å²) in [5, 5.41) is 11.5. The summed E-state index contributed by atoms with van der Waals surface area (Å²) in [6.07, 6.45) is 4.38. The van der Waals surface area contributed by atoms with Crippen molar-refractivity contribution in [3.8, 4) is 0 Å². The molecule has 0 bridgehead atoms. The number of fused-ring (bicyclic) bond motifs is 1. The van der Waals surface area contributed by atoms with Crippen molar-refractivity contribution < 1.29 is 5.11 Å². The Hall–Kier alpha value is -1.45. The van der Waals surface area contributed by atoms with E-state index in [0.29, 0.717) is 6.42 Å². The van der Waals surface area contributed by atoms with E-state index in [1.165, 1.54) is 5.39 Å². The van der Waals surface area contributed by atoms with Crippen LogP contribution in [0.15, 0.2) is 36.7 Å². The highest BCUT2D eigenvalue weighted by molar-refractivity contribution is 5.85. The molecule has 2 rings (SSSR count). The average molecular weight is 244 g/mol. The molecule has 0 fully saturated rings. The second kappa shape index (κ2) is 5.04. The van der Waals surface area contributed by atoms with E-state index in [-0.39, 0.29) is 18.1 Å². The Morgan fingerprint density at radius 2 is 2.00 bits per heavy atom. The fourth-order valence-electron chi connectivity index (χ4n) is 2.47. The Bertz CT molecular complexity index is 526. The zero-order chi connectivity index (χ0) is 13.2.